The van der Waals surface area contributed by atoms with Gasteiger partial charge in [-0.3, -0.25) is 14.9 Å². The molecular formula is C12H12N2O3. The second-order valence-corrected chi connectivity index (χ2v) is 3.90. The molecule has 0 spiro atoms. The lowest BCUT2D eigenvalue weighted by atomic mass is 10.0. The minimum atomic E-state index is -0.430. The fraction of sp³-hybridized carbons (Fsp3) is 0.250. The van der Waals surface area contributed by atoms with Gasteiger partial charge in [0.25, 0.3) is 5.69 Å². The summed E-state index contributed by atoms with van der Waals surface area (Å²) in [7, 11) is 0. The topological polar surface area (TPSA) is 76.0 Å². The van der Waals surface area contributed by atoms with E-state index in [2.05, 4.69) is 4.98 Å². The summed E-state index contributed by atoms with van der Waals surface area (Å²) >= 11 is 0. The second kappa shape index (κ2) is 4.37. The third-order valence-corrected chi connectivity index (χ3v) is 2.64. The predicted molar refractivity (Wildman–Crippen MR) is 65.2 cm³/mol. The van der Waals surface area contributed by atoms with Crippen LogP contribution in [0, 0.1) is 10.1 Å². The van der Waals surface area contributed by atoms with Crippen molar-refractivity contribution in [3.05, 3.63) is 50.3 Å². The number of nitrogens with zero attached hydrogens (tertiary/aromatic N) is 1. The van der Waals surface area contributed by atoms with E-state index in [4.69, 9.17) is 0 Å². The lowest BCUT2D eigenvalue weighted by molar-refractivity contribution is -0.384. The van der Waals surface area contributed by atoms with Crippen molar-refractivity contribution in [3.63, 3.8) is 0 Å². The molecule has 0 aliphatic carbocycles. The first-order chi connectivity index (χ1) is 8.11. The third-order valence-electron chi connectivity index (χ3n) is 2.64. The Hall–Kier alpha value is -2.17. The molecule has 2 rings (SSSR count). The number of aromatic nitrogens is 1. The van der Waals surface area contributed by atoms with Crippen molar-refractivity contribution in [2.45, 2.75) is 19.8 Å². The largest absolute Gasteiger partial charge is 0.322 e. The molecule has 0 saturated carbocycles. The normalized spacial score (nSPS) is 10.6. The number of rotatable bonds is 3. The van der Waals surface area contributed by atoms with Gasteiger partial charge in [0, 0.05) is 29.1 Å². The van der Waals surface area contributed by atoms with E-state index in [1.54, 1.807) is 6.07 Å². The predicted octanol–water partition coefficient (Wildman–Crippen LogP) is 2.39. The fourth-order valence-corrected chi connectivity index (χ4v) is 1.90. The van der Waals surface area contributed by atoms with Gasteiger partial charge in [-0.2, -0.15) is 0 Å². The average molecular weight is 232 g/mol. The summed E-state index contributed by atoms with van der Waals surface area (Å²) in [5.41, 5.74) is 1.37. The molecule has 0 unspecified atom stereocenters. The van der Waals surface area contributed by atoms with E-state index in [0.717, 1.165) is 23.8 Å². The van der Waals surface area contributed by atoms with E-state index in [9.17, 15) is 14.9 Å². The molecule has 0 fully saturated rings. The molecule has 88 valence electrons. The Balaban J connectivity index is 2.73. The van der Waals surface area contributed by atoms with Crippen LogP contribution in [0.3, 0.4) is 0 Å². The van der Waals surface area contributed by atoms with Crippen molar-refractivity contribution >= 4 is 16.6 Å². The minimum absolute atomic E-state index is 0.0434. The van der Waals surface area contributed by atoms with Crippen LogP contribution in [-0.4, -0.2) is 9.91 Å². The molecule has 1 aromatic carbocycles. The van der Waals surface area contributed by atoms with E-state index >= 15 is 0 Å². The number of non-ortho nitro benzene ring substituents is 1. The fourth-order valence-electron chi connectivity index (χ4n) is 1.90. The average Bonchev–Trinajstić information content (AvgIpc) is 2.28. The van der Waals surface area contributed by atoms with Gasteiger partial charge < -0.3 is 4.98 Å². The number of H-pyrrole nitrogens is 1. The van der Waals surface area contributed by atoms with Crippen molar-refractivity contribution < 1.29 is 4.92 Å². The zero-order valence-corrected chi connectivity index (χ0v) is 9.40. The Bertz CT molecular complexity index is 631. The maximum atomic E-state index is 11.4. The Morgan fingerprint density at radius 3 is 2.76 bits per heavy atom. The molecule has 0 bridgehead atoms. The summed E-state index contributed by atoms with van der Waals surface area (Å²) in [5.74, 6) is 0. The molecule has 5 heteroatoms. The Labute approximate surface area is 97.2 Å². The molecule has 0 saturated heterocycles. The number of pyridine rings is 1. The first kappa shape index (κ1) is 11.3. The van der Waals surface area contributed by atoms with Gasteiger partial charge in [-0.05, 0) is 18.1 Å². The molecule has 1 aromatic heterocycles. The number of hydrogen-bond acceptors (Lipinski definition) is 3. The van der Waals surface area contributed by atoms with Crippen LogP contribution in [0.5, 0.6) is 0 Å². The summed E-state index contributed by atoms with van der Waals surface area (Å²) in [6.07, 6.45) is 1.63. The van der Waals surface area contributed by atoms with Crippen molar-refractivity contribution in [3.8, 4) is 0 Å². The van der Waals surface area contributed by atoms with E-state index in [1.807, 2.05) is 6.92 Å². The lowest BCUT2D eigenvalue weighted by Gasteiger charge is -2.04. The smallest absolute Gasteiger partial charge is 0.270 e. The summed E-state index contributed by atoms with van der Waals surface area (Å²) in [5, 5.41) is 11.5. The number of nitro groups is 1. The number of nitro benzene ring substituents is 1. The Morgan fingerprint density at radius 2 is 2.12 bits per heavy atom. The van der Waals surface area contributed by atoms with Gasteiger partial charge in [0.05, 0.1) is 4.92 Å². The van der Waals surface area contributed by atoms with Crippen molar-refractivity contribution in [1.82, 2.24) is 4.98 Å². The van der Waals surface area contributed by atoms with E-state index in [1.165, 1.54) is 18.2 Å². The Kier molecular flexibility index (Phi) is 2.91. The minimum Gasteiger partial charge on any atom is -0.322 e. The number of aromatic amines is 1. The molecule has 1 heterocycles. The van der Waals surface area contributed by atoms with Gasteiger partial charge >= 0.3 is 0 Å². The van der Waals surface area contributed by atoms with Crippen LogP contribution >= 0.6 is 0 Å². The van der Waals surface area contributed by atoms with Crippen molar-refractivity contribution in [2.24, 2.45) is 0 Å². The van der Waals surface area contributed by atoms with Gasteiger partial charge in [-0.1, -0.05) is 13.3 Å². The van der Waals surface area contributed by atoms with Crippen molar-refractivity contribution in [2.75, 3.05) is 0 Å². The summed E-state index contributed by atoms with van der Waals surface area (Å²) < 4.78 is 0. The maximum Gasteiger partial charge on any atom is 0.270 e. The van der Waals surface area contributed by atoms with Gasteiger partial charge in [-0.15, -0.1) is 0 Å². The monoisotopic (exact) mass is 232 g/mol. The third kappa shape index (κ3) is 2.18. The number of benzene rings is 1. The van der Waals surface area contributed by atoms with Gasteiger partial charge in [0.1, 0.15) is 0 Å². The quantitative estimate of drug-likeness (QED) is 0.652. The van der Waals surface area contributed by atoms with E-state index < -0.39 is 4.92 Å². The molecule has 5 nitrogen and oxygen atoms in total. The van der Waals surface area contributed by atoms with Gasteiger partial charge in [-0.25, -0.2) is 0 Å². The molecule has 0 aliphatic rings. The standard InChI is InChI=1S/C12H12N2O3/c1-2-3-8-6-12(15)13-11-5-4-9(14(16)17)7-10(8)11/h4-7H,2-3H2,1H3,(H,13,15). The molecule has 0 amide bonds. The first-order valence-corrected chi connectivity index (χ1v) is 5.42. The highest BCUT2D eigenvalue weighted by atomic mass is 16.6. The van der Waals surface area contributed by atoms with Crippen LogP contribution in [0.4, 0.5) is 5.69 Å². The summed E-state index contributed by atoms with van der Waals surface area (Å²) in [4.78, 5) is 24.4. The first-order valence-electron chi connectivity index (χ1n) is 5.42. The zero-order valence-electron chi connectivity index (χ0n) is 9.40. The molecule has 0 atom stereocenters. The number of aryl methyl sites for hydroxylation is 1. The molecule has 0 radical (unpaired) electrons. The molecule has 0 aliphatic heterocycles. The zero-order chi connectivity index (χ0) is 12.4. The maximum absolute atomic E-state index is 11.4. The second-order valence-electron chi connectivity index (χ2n) is 3.90. The lowest BCUT2D eigenvalue weighted by Crippen LogP contribution is -2.06. The van der Waals surface area contributed by atoms with Crippen LogP contribution in [0.1, 0.15) is 18.9 Å². The van der Waals surface area contributed by atoms with Crippen molar-refractivity contribution in [1.29, 1.82) is 0 Å². The highest BCUT2D eigenvalue weighted by molar-refractivity contribution is 5.84. The molecule has 1 N–H and O–H groups in total. The van der Waals surface area contributed by atoms with E-state index in [-0.39, 0.29) is 11.2 Å². The number of hydrogen-bond donors (Lipinski definition) is 1. The van der Waals surface area contributed by atoms with Crippen LogP contribution < -0.4 is 5.56 Å². The van der Waals surface area contributed by atoms with Crippen LogP contribution in [0.2, 0.25) is 0 Å². The van der Waals surface area contributed by atoms with Crippen LogP contribution in [0.15, 0.2) is 29.1 Å². The van der Waals surface area contributed by atoms with Gasteiger partial charge in [0.15, 0.2) is 0 Å². The SMILES string of the molecule is CCCc1cc(=O)[nH]c2ccc([N+](=O)[O-])cc12. The number of nitrogens with one attached hydrogen (secondary N) is 1. The molecule has 2 aromatic rings. The Morgan fingerprint density at radius 1 is 1.35 bits per heavy atom. The molecule has 17 heavy (non-hydrogen) atoms. The van der Waals surface area contributed by atoms with E-state index in [0.29, 0.717) is 5.52 Å². The molecular weight excluding hydrogens is 220 g/mol. The highest BCUT2D eigenvalue weighted by Gasteiger charge is 2.09. The van der Waals surface area contributed by atoms with Crippen LogP contribution in [0.25, 0.3) is 10.9 Å². The summed E-state index contributed by atoms with van der Waals surface area (Å²) in [6.45, 7) is 2.00. The number of fused-ring (bicyclic) bond motifs is 1. The van der Waals surface area contributed by atoms with Gasteiger partial charge in [0.2, 0.25) is 5.56 Å². The van der Waals surface area contributed by atoms with Crippen LogP contribution in [-0.2, 0) is 6.42 Å². The summed E-state index contributed by atoms with van der Waals surface area (Å²) in [6, 6.07) is 5.99. The highest BCUT2D eigenvalue weighted by Crippen LogP contribution is 2.22.